The van der Waals surface area contributed by atoms with Crippen LogP contribution in [-0.2, 0) is 13.7 Å². The molecule has 0 bridgehead atoms. The van der Waals surface area contributed by atoms with Crippen LogP contribution in [0.3, 0.4) is 0 Å². The van der Waals surface area contributed by atoms with Crippen LogP contribution in [0.15, 0.2) is 47.3 Å². The third kappa shape index (κ3) is 3.28. The molecule has 1 fully saturated rings. The van der Waals surface area contributed by atoms with E-state index in [9.17, 15) is 9.59 Å². The number of hydrogen-bond donors (Lipinski definition) is 0. The van der Waals surface area contributed by atoms with E-state index >= 15 is 0 Å². The van der Waals surface area contributed by atoms with Crippen molar-refractivity contribution < 1.29 is 9.53 Å². The highest BCUT2D eigenvalue weighted by atomic mass is 16.5. The van der Waals surface area contributed by atoms with Crippen molar-refractivity contribution in [3.8, 4) is 11.4 Å². The van der Waals surface area contributed by atoms with Crippen LogP contribution in [0.25, 0.3) is 5.69 Å². The summed E-state index contributed by atoms with van der Waals surface area (Å²) in [5.74, 6) is 0.831. The molecule has 0 N–H and O–H groups in total. The Morgan fingerprint density at radius 3 is 2.63 bits per heavy atom. The van der Waals surface area contributed by atoms with Gasteiger partial charge in [-0.2, -0.15) is 9.36 Å². The molecule has 1 saturated carbocycles. The second-order valence-electron chi connectivity index (χ2n) is 6.79. The smallest absolute Gasteiger partial charge is 0.368 e. The van der Waals surface area contributed by atoms with Crippen molar-refractivity contribution in [2.75, 3.05) is 0 Å². The molecule has 0 spiro atoms. The number of carbonyl (C=O) groups is 1. The molecule has 3 aromatic rings. The maximum absolute atomic E-state index is 12.5. The molecule has 0 atom stereocenters. The Bertz CT molecular complexity index is 1060. The number of Topliss-reactive ketones (excluding diaryl/α,β-unsaturated/α-hetero) is 1. The van der Waals surface area contributed by atoms with Crippen LogP contribution < -0.4 is 10.4 Å². The van der Waals surface area contributed by atoms with E-state index in [1.165, 1.54) is 9.36 Å². The monoisotopic (exact) mass is 364 g/mol. The average Bonchev–Trinajstić information content (AvgIpc) is 3.47. The number of rotatable bonds is 6. The van der Waals surface area contributed by atoms with Gasteiger partial charge in [-0.15, -0.1) is 0 Å². The standard InChI is InChI=1S/C20H20N4O3/c1-13-6-5-8-17(24-20(26)23(2)21-22-24)16(13)12-27-18-9-4-3-7-15(18)19(25)14-10-11-14/h3-9,14H,10-12H2,1-2H3. The predicted molar refractivity (Wildman–Crippen MR) is 99.2 cm³/mol. The van der Waals surface area contributed by atoms with Gasteiger partial charge in [0.1, 0.15) is 12.4 Å². The van der Waals surface area contributed by atoms with Gasteiger partial charge in [-0.05, 0) is 54.0 Å². The van der Waals surface area contributed by atoms with Crippen LogP contribution >= 0.6 is 0 Å². The predicted octanol–water partition coefficient (Wildman–Crippen LogP) is 2.45. The minimum absolute atomic E-state index is 0.127. The van der Waals surface area contributed by atoms with Crippen molar-refractivity contribution >= 4 is 5.78 Å². The van der Waals surface area contributed by atoms with E-state index in [1.54, 1.807) is 7.05 Å². The van der Waals surface area contributed by atoms with Gasteiger partial charge < -0.3 is 4.74 Å². The van der Waals surface area contributed by atoms with Crippen LogP contribution in [-0.4, -0.2) is 25.6 Å². The first-order chi connectivity index (χ1) is 13.1. The van der Waals surface area contributed by atoms with Gasteiger partial charge in [-0.3, -0.25) is 4.79 Å². The zero-order valence-electron chi connectivity index (χ0n) is 15.3. The third-order valence-electron chi connectivity index (χ3n) is 4.81. The molecule has 1 heterocycles. The molecule has 1 aliphatic carbocycles. The molecule has 0 amide bonds. The van der Waals surface area contributed by atoms with Crippen molar-refractivity contribution in [1.29, 1.82) is 0 Å². The molecular formula is C20H20N4O3. The van der Waals surface area contributed by atoms with Crippen LogP contribution in [0, 0.1) is 12.8 Å². The lowest BCUT2D eigenvalue weighted by molar-refractivity contribution is 0.0963. The maximum Gasteiger partial charge on any atom is 0.368 e. The van der Waals surface area contributed by atoms with Gasteiger partial charge in [0.15, 0.2) is 5.78 Å². The van der Waals surface area contributed by atoms with E-state index < -0.39 is 0 Å². The average molecular weight is 364 g/mol. The Morgan fingerprint density at radius 1 is 1.15 bits per heavy atom. The summed E-state index contributed by atoms with van der Waals surface area (Å²) in [5.41, 5.74) is 2.71. The molecular weight excluding hydrogens is 344 g/mol. The number of ketones is 1. The Balaban J connectivity index is 1.66. The van der Waals surface area contributed by atoms with E-state index in [-0.39, 0.29) is 24.0 Å². The normalized spacial score (nSPS) is 13.6. The maximum atomic E-state index is 12.5. The highest BCUT2D eigenvalue weighted by molar-refractivity contribution is 6.01. The number of aryl methyl sites for hydroxylation is 2. The van der Waals surface area contributed by atoms with Gasteiger partial charge >= 0.3 is 5.69 Å². The third-order valence-corrected chi connectivity index (χ3v) is 4.81. The lowest BCUT2D eigenvalue weighted by atomic mass is 10.1. The van der Waals surface area contributed by atoms with Crippen molar-refractivity contribution in [2.45, 2.75) is 26.4 Å². The number of benzene rings is 2. The highest BCUT2D eigenvalue weighted by Crippen LogP contribution is 2.35. The molecule has 0 saturated heterocycles. The molecule has 7 nitrogen and oxygen atoms in total. The lowest BCUT2D eigenvalue weighted by Gasteiger charge is -2.14. The van der Waals surface area contributed by atoms with Gasteiger partial charge in [0.25, 0.3) is 0 Å². The van der Waals surface area contributed by atoms with Crippen LogP contribution in [0.2, 0.25) is 0 Å². The minimum atomic E-state index is -0.328. The molecule has 2 aromatic carbocycles. The van der Waals surface area contributed by atoms with E-state index in [0.717, 1.165) is 24.0 Å². The molecule has 27 heavy (non-hydrogen) atoms. The second kappa shape index (κ2) is 6.83. The zero-order valence-corrected chi connectivity index (χ0v) is 15.3. The topological polar surface area (TPSA) is 79.0 Å². The Hall–Kier alpha value is -3.22. The fraction of sp³-hybridized carbons (Fsp3) is 0.300. The Labute approximate surface area is 156 Å². The summed E-state index contributed by atoms with van der Waals surface area (Å²) >= 11 is 0. The highest BCUT2D eigenvalue weighted by Gasteiger charge is 2.32. The van der Waals surface area contributed by atoms with Gasteiger partial charge in [-0.25, -0.2) is 4.79 Å². The van der Waals surface area contributed by atoms with Crippen LogP contribution in [0.1, 0.15) is 34.3 Å². The summed E-state index contributed by atoms with van der Waals surface area (Å²) in [5, 5.41) is 7.70. The second-order valence-corrected chi connectivity index (χ2v) is 6.79. The molecule has 1 aliphatic rings. The van der Waals surface area contributed by atoms with Crippen molar-refractivity contribution in [2.24, 2.45) is 13.0 Å². The summed E-state index contributed by atoms with van der Waals surface area (Å²) in [4.78, 5) is 24.7. The van der Waals surface area contributed by atoms with Crippen molar-refractivity contribution in [3.05, 3.63) is 69.6 Å². The van der Waals surface area contributed by atoms with Gasteiger partial charge in [0, 0.05) is 18.5 Å². The van der Waals surface area contributed by atoms with E-state index in [2.05, 4.69) is 10.4 Å². The van der Waals surface area contributed by atoms with E-state index in [1.807, 2.05) is 49.4 Å². The fourth-order valence-electron chi connectivity index (χ4n) is 3.05. The molecule has 0 unspecified atom stereocenters. The van der Waals surface area contributed by atoms with E-state index in [0.29, 0.717) is 17.0 Å². The number of aromatic nitrogens is 4. The summed E-state index contributed by atoms with van der Waals surface area (Å²) in [6.45, 7) is 2.17. The molecule has 4 rings (SSSR count). The first kappa shape index (κ1) is 17.2. The molecule has 1 aromatic heterocycles. The first-order valence-corrected chi connectivity index (χ1v) is 8.90. The summed E-state index contributed by atoms with van der Waals surface area (Å²) in [7, 11) is 1.55. The number of carbonyl (C=O) groups excluding carboxylic acids is 1. The minimum Gasteiger partial charge on any atom is -0.488 e. The van der Waals surface area contributed by atoms with Crippen molar-refractivity contribution in [1.82, 2.24) is 19.8 Å². The van der Waals surface area contributed by atoms with E-state index in [4.69, 9.17) is 4.74 Å². The quantitative estimate of drug-likeness (QED) is 0.628. The van der Waals surface area contributed by atoms with Crippen molar-refractivity contribution in [3.63, 3.8) is 0 Å². The van der Waals surface area contributed by atoms with Crippen LogP contribution in [0.4, 0.5) is 0 Å². The largest absolute Gasteiger partial charge is 0.488 e. The number of nitrogens with zero attached hydrogens (tertiary/aromatic N) is 4. The Morgan fingerprint density at radius 2 is 1.93 bits per heavy atom. The summed E-state index contributed by atoms with van der Waals surface area (Å²) in [6.07, 6.45) is 1.90. The fourth-order valence-corrected chi connectivity index (χ4v) is 3.05. The van der Waals surface area contributed by atoms with Gasteiger partial charge in [0.2, 0.25) is 0 Å². The summed E-state index contributed by atoms with van der Waals surface area (Å²) < 4.78 is 8.45. The molecule has 0 aliphatic heterocycles. The van der Waals surface area contributed by atoms with Gasteiger partial charge in [-0.1, -0.05) is 24.3 Å². The molecule has 7 heteroatoms. The summed E-state index contributed by atoms with van der Waals surface area (Å²) in [6, 6.07) is 12.9. The first-order valence-electron chi connectivity index (χ1n) is 8.90. The van der Waals surface area contributed by atoms with Crippen LogP contribution in [0.5, 0.6) is 5.75 Å². The molecule has 138 valence electrons. The number of para-hydroxylation sites is 1. The van der Waals surface area contributed by atoms with Gasteiger partial charge in [0.05, 0.1) is 11.3 Å². The lowest BCUT2D eigenvalue weighted by Crippen LogP contribution is -2.23. The SMILES string of the molecule is Cc1cccc(-n2nnn(C)c2=O)c1COc1ccccc1C(=O)C1CC1. The zero-order chi connectivity index (χ0) is 19.0. The number of ether oxygens (including phenoxy) is 1. The number of tetrazole rings is 1. The molecule has 0 radical (unpaired) electrons. The Kier molecular flexibility index (Phi) is 4.35. The number of hydrogen-bond acceptors (Lipinski definition) is 5.